The number of amides is 1. The molecule has 0 bridgehead atoms. The number of hydrogen-bond acceptors (Lipinski definition) is 4. The van der Waals surface area contributed by atoms with E-state index in [1.54, 1.807) is 36.0 Å². The fraction of sp³-hybridized carbons (Fsp3) is 0.273. The van der Waals surface area contributed by atoms with Gasteiger partial charge in [0, 0.05) is 12.3 Å². The number of oxazole rings is 1. The molecule has 3 heterocycles. The van der Waals surface area contributed by atoms with Crippen LogP contribution in [0.4, 0.5) is 4.79 Å². The molecule has 6 heteroatoms. The predicted octanol–water partition coefficient (Wildman–Crippen LogP) is 1.87. The van der Waals surface area contributed by atoms with Crippen molar-refractivity contribution in [2.45, 2.75) is 13.5 Å². The molecule has 2 aromatic heterocycles. The molecule has 17 heavy (non-hydrogen) atoms. The van der Waals surface area contributed by atoms with Gasteiger partial charge in [0.2, 0.25) is 5.71 Å². The van der Waals surface area contributed by atoms with Gasteiger partial charge in [-0.3, -0.25) is 4.90 Å². The summed E-state index contributed by atoms with van der Waals surface area (Å²) in [6.45, 7) is 2.50. The zero-order valence-electron chi connectivity index (χ0n) is 9.29. The van der Waals surface area contributed by atoms with Crippen LogP contribution in [0, 0.1) is 0 Å². The minimum atomic E-state index is -0.372. The highest BCUT2D eigenvalue weighted by molar-refractivity contribution is 5.71. The van der Waals surface area contributed by atoms with E-state index in [1.165, 1.54) is 4.90 Å². The molecule has 0 atom stereocenters. The van der Waals surface area contributed by atoms with Crippen LogP contribution in [-0.4, -0.2) is 27.2 Å². The molecular weight excluding hydrogens is 222 g/mol. The lowest BCUT2D eigenvalue weighted by molar-refractivity contribution is 0.118. The highest BCUT2D eigenvalue weighted by Crippen LogP contribution is 2.23. The van der Waals surface area contributed by atoms with Gasteiger partial charge >= 0.3 is 6.09 Å². The van der Waals surface area contributed by atoms with Crippen molar-refractivity contribution in [3.63, 3.8) is 0 Å². The van der Waals surface area contributed by atoms with Gasteiger partial charge in [-0.15, -0.1) is 0 Å². The predicted molar refractivity (Wildman–Crippen MR) is 59.1 cm³/mol. The van der Waals surface area contributed by atoms with Crippen LogP contribution in [0.1, 0.15) is 18.4 Å². The summed E-state index contributed by atoms with van der Waals surface area (Å²) in [7, 11) is 0. The molecule has 1 aliphatic heterocycles. The molecule has 1 amide bonds. The van der Waals surface area contributed by atoms with Crippen molar-refractivity contribution >= 4 is 17.9 Å². The highest BCUT2D eigenvalue weighted by atomic mass is 16.6. The summed E-state index contributed by atoms with van der Waals surface area (Å²) < 4.78 is 12.2. The molecule has 0 saturated carbocycles. The summed E-state index contributed by atoms with van der Waals surface area (Å²) in [5.41, 5.74) is 1.54. The number of hydrogen-bond donors (Lipinski definition) is 0. The van der Waals surface area contributed by atoms with Crippen LogP contribution < -0.4 is 0 Å². The molecule has 0 aromatic carbocycles. The normalized spacial score (nSPS) is 14.1. The van der Waals surface area contributed by atoms with Crippen molar-refractivity contribution in [1.82, 2.24) is 14.5 Å². The third kappa shape index (κ3) is 1.49. The largest absolute Gasteiger partial charge is 0.449 e. The molecule has 0 fully saturated rings. The molecule has 0 saturated heterocycles. The lowest BCUT2D eigenvalue weighted by atomic mass is 10.2. The molecule has 0 N–H and O–H groups in total. The van der Waals surface area contributed by atoms with Gasteiger partial charge in [-0.1, -0.05) is 0 Å². The lowest BCUT2D eigenvalue weighted by Crippen LogP contribution is -2.27. The minimum Gasteiger partial charge on any atom is -0.449 e. The third-order valence-corrected chi connectivity index (χ3v) is 2.58. The average molecular weight is 233 g/mol. The summed E-state index contributed by atoms with van der Waals surface area (Å²) in [6, 6.07) is 1.78. The maximum atomic E-state index is 11.5. The number of ether oxygens (including phenoxy) is 1. The number of aromatic nitrogens is 2. The second-order valence-corrected chi connectivity index (χ2v) is 3.63. The molecule has 3 rings (SSSR count). The Morgan fingerprint density at radius 3 is 3.35 bits per heavy atom. The first-order valence-corrected chi connectivity index (χ1v) is 5.36. The summed E-state index contributed by atoms with van der Waals surface area (Å²) in [4.78, 5) is 13.0. The van der Waals surface area contributed by atoms with Crippen LogP contribution >= 0.6 is 0 Å². The van der Waals surface area contributed by atoms with Crippen molar-refractivity contribution in [3.8, 4) is 0 Å². The van der Waals surface area contributed by atoms with E-state index in [9.17, 15) is 4.79 Å². The van der Waals surface area contributed by atoms with Crippen LogP contribution in [0.15, 0.2) is 22.9 Å². The molecule has 1 aliphatic rings. The number of nitrogens with zero attached hydrogens (tertiary/aromatic N) is 3. The Labute approximate surface area is 97.1 Å². The Kier molecular flexibility index (Phi) is 2.14. The molecule has 0 aliphatic carbocycles. The van der Waals surface area contributed by atoms with Crippen LogP contribution in [0.25, 0.3) is 11.8 Å². The number of fused-ring (bicyclic) bond motifs is 3. The summed E-state index contributed by atoms with van der Waals surface area (Å²) in [6.07, 6.45) is 4.77. The van der Waals surface area contributed by atoms with Crippen LogP contribution in [0.3, 0.4) is 0 Å². The van der Waals surface area contributed by atoms with Gasteiger partial charge < -0.3 is 9.15 Å². The molecule has 0 unspecified atom stereocenters. The van der Waals surface area contributed by atoms with E-state index in [-0.39, 0.29) is 6.09 Å². The van der Waals surface area contributed by atoms with E-state index in [2.05, 4.69) is 5.10 Å². The van der Waals surface area contributed by atoms with E-state index in [0.717, 1.165) is 5.69 Å². The number of carbonyl (C=O) groups is 1. The summed E-state index contributed by atoms with van der Waals surface area (Å²) in [5.74, 6) is 0.712. The van der Waals surface area contributed by atoms with Crippen molar-refractivity contribution in [3.05, 3.63) is 29.9 Å². The standard InChI is InChI=1S/C11H11N3O3/c1-2-16-11(15)13-6-4-8-9(7-13)17-10-3-5-12-14(8)10/h3-6H,2,7H2,1H3. The fourth-order valence-corrected chi connectivity index (χ4v) is 1.82. The van der Waals surface area contributed by atoms with Gasteiger partial charge in [0.05, 0.1) is 19.3 Å². The van der Waals surface area contributed by atoms with Crippen molar-refractivity contribution in [2.24, 2.45) is 0 Å². The van der Waals surface area contributed by atoms with Crippen LogP contribution in [0.5, 0.6) is 0 Å². The molecule has 88 valence electrons. The molecule has 2 aromatic rings. The van der Waals surface area contributed by atoms with E-state index < -0.39 is 0 Å². The van der Waals surface area contributed by atoms with E-state index in [1.807, 2.05) is 0 Å². The Hall–Kier alpha value is -2.24. The Bertz CT molecular complexity index is 596. The van der Waals surface area contributed by atoms with Crippen molar-refractivity contribution in [2.75, 3.05) is 6.61 Å². The third-order valence-electron chi connectivity index (χ3n) is 2.58. The molecule has 6 nitrogen and oxygen atoms in total. The van der Waals surface area contributed by atoms with Gasteiger partial charge in [0.15, 0.2) is 5.76 Å². The number of carbonyl (C=O) groups excluding carboxylic acids is 1. The van der Waals surface area contributed by atoms with E-state index in [0.29, 0.717) is 24.6 Å². The maximum absolute atomic E-state index is 11.5. The first-order valence-electron chi connectivity index (χ1n) is 5.36. The Balaban J connectivity index is 1.93. The Morgan fingerprint density at radius 2 is 2.53 bits per heavy atom. The highest BCUT2D eigenvalue weighted by Gasteiger charge is 2.23. The van der Waals surface area contributed by atoms with Gasteiger partial charge in [0.1, 0.15) is 5.69 Å². The SMILES string of the molecule is CCOC(=O)N1C=Cc2c(oc3ccnn23)C1. The van der Waals surface area contributed by atoms with Crippen LogP contribution in [0.2, 0.25) is 0 Å². The lowest BCUT2D eigenvalue weighted by Gasteiger charge is -2.19. The van der Waals surface area contributed by atoms with Crippen molar-refractivity contribution < 1.29 is 13.9 Å². The van der Waals surface area contributed by atoms with E-state index >= 15 is 0 Å². The van der Waals surface area contributed by atoms with Gasteiger partial charge in [-0.25, -0.2) is 4.79 Å². The second kappa shape index (κ2) is 3.65. The quantitative estimate of drug-likeness (QED) is 0.754. The molecule has 0 spiro atoms. The van der Waals surface area contributed by atoms with E-state index in [4.69, 9.17) is 9.15 Å². The van der Waals surface area contributed by atoms with Crippen molar-refractivity contribution in [1.29, 1.82) is 0 Å². The number of rotatable bonds is 1. The monoisotopic (exact) mass is 233 g/mol. The topological polar surface area (TPSA) is 60.0 Å². The van der Waals surface area contributed by atoms with Gasteiger partial charge in [0.25, 0.3) is 0 Å². The maximum Gasteiger partial charge on any atom is 0.414 e. The van der Waals surface area contributed by atoms with Crippen LogP contribution in [-0.2, 0) is 11.3 Å². The molecular formula is C11H11N3O3. The zero-order valence-corrected chi connectivity index (χ0v) is 9.29. The van der Waals surface area contributed by atoms with Gasteiger partial charge in [-0.2, -0.15) is 9.61 Å². The average Bonchev–Trinajstić information content (AvgIpc) is 2.88. The molecule has 0 radical (unpaired) electrons. The zero-order chi connectivity index (χ0) is 11.8. The summed E-state index contributed by atoms with van der Waals surface area (Å²) in [5, 5.41) is 4.14. The fourth-order valence-electron chi connectivity index (χ4n) is 1.82. The Morgan fingerprint density at radius 1 is 1.65 bits per heavy atom. The van der Waals surface area contributed by atoms with Gasteiger partial charge in [-0.05, 0) is 13.0 Å². The summed E-state index contributed by atoms with van der Waals surface area (Å²) >= 11 is 0. The second-order valence-electron chi connectivity index (χ2n) is 3.63. The first-order chi connectivity index (χ1) is 8.29. The first kappa shape index (κ1) is 9.95. The minimum absolute atomic E-state index is 0.359. The smallest absolute Gasteiger partial charge is 0.414 e.